The van der Waals surface area contributed by atoms with Crippen molar-refractivity contribution in [1.82, 2.24) is 10.3 Å². The average molecular weight is 291 g/mol. The Hall–Kier alpha value is -1.34. The lowest BCUT2D eigenvalue weighted by Crippen LogP contribution is -2.46. The second-order valence-electron chi connectivity index (χ2n) is 3.49. The van der Waals surface area contributed by atoms with E-state index in [-0.39, 0.29) is 12.2 Å². The Kier molecular flexibility index (Phi) is 3.71. The topological polar surface area (TPSA) is 102 Å². The van der Waals surface area contributed by atoms with Crippen LogP contribution < -0.4 is 5.32 Å². The number of hydrogen-bond acceptors (Lipinski definition) is 3. The summed E-state index contributed by atoms with van der Waals surface area (Å²) in [7, 11) is 0. The quantitative estimate of drug-likeness (QED) is 0.642. The fourth-order valence-electron chi connectivity index (χ4n) is 0.922. The van der Waals surface area contributed by atoms with Crippen LogP contribution in [0.25, 0.3) is 0 Å². The molecule has 0 aliphatic rings. The molecular weight excluding hydrogens is 280 g/mol. The summed E-state index contributed by atoms with van der Waals surface area (Å²) in [5.41, 5.74) is -1.69. The Morgan fingerprint density at radius 1 is 1.62 bits per heavy atom. The fraction of sp³-hybridized carbons (Fsp3) is 0.333. The summed E-state index contributed by atoms with van der Waals surface area (Å²) in [6.07, 6.45) is 1.57. The van der Waals surface area contributed by atoms with Crippen LogP contribution in [0.4, 0.5) is 0 Å². The molecule has 0 saturated carbocycles. The Balaban J connectivity index is 2.57. The van der Waals surface area contributed by atoms with Gasteiger partial charge in [-0.05, 0) is 28.9 Å². The molecule has 0 aromatic carbocycles. The Morgan fingerprint density at radius 2 is 2.25 bits per heavy atom. The molecule has 1 aromatic heterocycles. The molecule has 0 saturated heterocycles. The van der Waals surface area contributed by atoms with Crippen LogP contribution >= 0.6 is 15.9 Å². The molecule has 1 heterocycles. The van der Waals surface area contributed by atoms with E-state index >= 15 is 0 Å². The summed E-state index contributed by atoms with van der Waals surface area (Å²) < 4.78 is 0.711. The van der Waals surface area contributed by atoms with Gasteiger partial charge in [-0.2, -0.15) is 0 Å². The summed E-state index contributed by atoms with van der Waals surface area (Å²) in [5.74, 6) is -1.87. The zero-order valence-electron chi connectivity index (χ0n) is 8.45. The van der Waals surface area contributed by atoms with E-state index in [1.165, 1.54) is 0 Å². The number of halogens is 1. The number of carbonyl (C=O) groups is 2. The van der Waals surface area contributed by atoms with Crippen molar-refractivity contribution in [2.24, 2.45) is 0 Å². The predicted molar refractivity (Wildman–Crippen MR) is 59.1 cm³/mol. The molecule has 1 rings (SSSR count). The smallest absolute Gasteiger partial charge is 0.337 e. The molecule has 1 aromatic rings. The van der Waals surface area contributed by atoms with Crippen molar-refractivity contribution < 1.29 is 19.8 Å². The van der Waals surface area contributed by atoms with Crippen LogP contribution in [0.2, 0.25) is 0 Å². The number of aromatic nitrogens is 1. The van der Waals surface area contributed by atoms with Crippen molar-refractivity contribution in [3.05, 3.63) is 22.4 Å². The summed E-state index contributed by atoms with van der Waals surface area (Å²) >= 11 is 3.16. The van der Waals surface area contributed by atoms with Gasteiger partial charge in [0.05, 0.1) is 6.54 Å². The van der Waals surface area contributed by atoms with Gasteiger partial charge in [-0.25, -0.2) is 4.79 Å². The number of hydrogen-bond donors (Lipinski definition) is 4. The maximum atomic E-state index is 11.5. The normalized spacial score (nSPS) is 14.2. The van der Waals surface area contributed by atoms with Crippen LogP contribution in [0.3, 0.4) is 0 Å². The number of H-pyrrole nitrogens is 1. The van der Waals surface area contributed by atoms with Gasteiger partial charge in [0.15, 0.2) is 5.60 Å². The predicted octanol–water partition coefficient (Wildman–Crippen LogP) is 0.343. The van der Waals surface area contributed by atoms with E-state index in [2.05, 4.69) is 26.2 Å². The van der Waals surface area contributed by atoms with E-state index in [9.17, 15) is 14.7 Å². The van der Waals surface area contributed by atoms with Crippen molar-refractivity contribution in [3.63, 3.8) is 0 Å². The summed E-state index contributed by atoms with van der Waals surface area (Å²) in [6.45, 7) is 0.748. The van der Waals surface area contributed by atoms with Gasteiger partial charge in [-0.1, -0.05) is 0 Å². The van der Waals surface area contributed by atoms with Gasteiger partial charge < -0.3 is 20.5 Å². The third kappa shape index (κ3) is 3.07. The van der Waals surface area contributed by atoms with E-state index in [4.69, 9.17) is 5.11 Å². The Morgan fingerprint density at radius 3 is 2.69 bits per heavy atom. The number of aliphatic carboxylic acids is 1. The van der Waals surface area contributed by atoms with E-state index in [0.717, 1.165) is 6.92 Å². The number of carboxylic acids is 1. The third-order valence-electron chi connectivity index (χ3n) is 1.95. The molecule has 4 N–H and O–H groups in total. The average Bonchev–Trinajstić information content (AvgIpc) is 2.61. The molecule has 1 unspecified atom stereocenters. The number of carbonyl (C=O) groups excluding carboxylic acids is 1. The van der Waals surface area contributed by atoms with Crippen LogP contribution in [0.5, 0.6) is 0 Å². The van der Waals surface area contributed by atoms with Gasteiger partial charge in [0.25, 0.3) is 5.91 Å². The van der Waals surface area contributed by atoms with Crippen LogP contribution in [-0.4, -0.2) is 39.2 Å². The lowest BCUT2D eigenvalue weighted by atomic mass is 10.1. The van der Waals surface area contributed by atoms with E-state index < -0.39 is 17.5 Å². The zero-order chi connectivity index (χ0) is 12.3. The van der Waals surface area contributed by atoms with Crippen molar-refractivity contribution in [1.29, 1.82) is 0 Å². The molecule has 16 heavy (non-hydrogen) atoms. The van der Waals surface area contributed by atoms with Gasteiger partial charge in [-0.3, -0.25) is 4.79 Å². The van der Waals surface area contributed by atoms with Crippen LogP contribution in [-0.2, 0) is 4.79 Å². The standard InChI is InChI=1S/C9H11BrN2O4/c1-9(16,8(14)15)4-12-7(13)6-2-5(10)3-11-6/h2-3,11,16H,4H2,1H3,(H,12,13)(H,14,15). The second kappa shape index (κ2) is 4.67. The SMILES string of the molecule is CC(O)(CNC(=O)c1cc(Br)c[nH]1)C(=O)O. The molecule has 1 atom stereocenters. The molecule has 1 amide bonds. The van der Waals surface area contributed by atoms with Gasteiger partial charge in [0.1, 0.15) is 5.69 Å². The first-order valence-corrected chi connectivity index (χ1v) is 5.20. The maximum absolute atomic E-state index is 11.5. The van der Waals surface area contributed by atoms with Crippen LogP contribution in [0.15, 0.2) is 16.7 Å². The first-order valence-electron chi connectivity index (χ1n) is 4.41. The largest absolute Gasteiger partial charge is 0.479 e. The lowest BCUT2D eigenvalue weighted by molar-refractivity contribution is -0.155. The van der Waals surface area contributed by atoms with Crippen LogP contribution in [0, 0.1) is 0 Å². The highest BCUT2D eigenvalue weighted by Gasteiger charge is 2.30. The highest BCUT2D eigenvalue weighted by atomic mass is 79.9. The molecule has 6 nitrogen and oxygen atoms in total. The van der Waals surface area contributed by atoms with E-state index in [1.807, 2.05) is 0 Å². The fourth-order valence-corrected chi connectivity index (χ4v) is 1.27. The van der Waals surface area contributed by atoms with E-state index in [0.29, 0.717) is 4.47 Å². The second-order valence-corrected chi connectivity index (χ2v) is 4.41. The molecule has 0 fully saturated rings. The summed E-state index contributed by atoms with van der Waals surface area (Å²) in [5, 5.41) is 20.3. The molecule has 88 valence electrons. The van der Waals surface area contributed by atoms with E-state index in [1.54, 1.807) is 12.3 Å². The van der Waals surface area contributed by atoms with Crippen molar-refractivity contribution in [2.75, 3.05) is 6.54 Å². The molecule has 0 bridgehead atoms. The number of amides is 1. The number of carboxylic acid groups (broad SMARTS) is 1. The molecule has 7 heteroatoms. The Bertz CT molecular complexity index is 413. The molecule has 0 aliphatic carbocycles. The van der Waals surface area contributed by atoms with Gasteiger partial charge >= 0.3 is 5.97 Å². The Labute approximate surface area is 99.8 Å². The van der Waals surface area contributed by atoms with Crippen molar-refractivity contribution >= 4 is 27.8 Å². The van der Waals surface area contributed by atoms with Gasteiger partial charge in [0, 0.05) is 10.7 Å². The van der Waals surface area contributed by atoms with Crippen molar-refractivity contribution in [3.8, 4) is 0 Å². The minimum absolute atomic E-state index is 0.285. The van der Waals surface area contributed by atoms with Crippen LogP contribution in [0.1, 0.15) is 17.4 Å². The highest BCUT2D eigenvalue weighted by Crippen LogP contribution is 2.10. The number of rotatable bonds is 4. The molecule has 0 aliphatic heterocycles. The first-order chi connectivity index (χ1) is 7.33. The minimum atomic E-state index is -1.97. The maximum Gasteiger partial charge on any atom is 0.337 e. The third-order valence-corrected chi connectivity index (χ3v) is 2.40. The van der Waals surface area contributed by atoms with Gasteiger partial charge in [-0.15, -0.1) is 0 Å². The number of aliphatic hydroxyl groups is 1. The zero-order valence-corrected chi connectivity index (χ0v) is 10.0. The molecular formula is C9H11BrN2O4. The monoisotopic (exact) mass is 290 g/mol. The number of aromatic amines is 1. The summed E-state index contributed by atoms with van der Waals surface area (Å²) in [6, 6.07) is 1.55. The number of nitrogens with one attached hydrogen (secondary N) is 2. The van der Waals surface area contributed by atoms with Crippen molar-refractivity contribution in [2.45, 2.75) is 12.5 Å². The summed E-state index contributed by atoms with van der Waals surface area (Å²) in [4.78, 5) is 24.7. The molecule has 0 spiro atoms. The van der Waals surface area contributed by atoms with Gasteiger partial charge in [0.2, 0.25) is 0 Å². The molecule has 0 radical (unpaired) electrons. The highest BCUT2D eigenvalue weighted by molar-refractivity contribution is 9.10. The minimum Gasteiger partial charge on any atom is -0.479 e. The first kappa shape index (κ1) is 12.7. The lowest BCUT2D eigenvalue weighted by Gasteiger charge is -2.17.